The van der Waals surface area contributed by atoms with E-state index in [4.69, 9.17) is 4.74 Å². The molecule has 1 aliphatic carbocycles. The molecule has 0 spiro atoms. The van der Waals surface area contributed by atoms with Gasteiger partial charge in [0.25, 0.3) is 5.91 Å². The summed E-state index contributed by atoms with van der Waals surface area (Å²) in [5, 5.41) is 2.99. The molecule has 1 aliphatic rings. The van der Waals surface area contributed by atoms with Crippen LogP contribution in [0, 0.1) is 6.92 Å². The molecule has 1 atom stereocenters. The molecular weight excluding hydrogens is 298 g/mol. The van der Waals surface area contributed by atoms with Crippen LogP contribution in [0.1, 0.15) is 66.1 Å². The van der Waals surface area contributed by atoms with E-state index in [1.54, 1.807) is 6.92 Å². The minimum Gasteiger partial charge on any atom is -0.448 e. The highest BCUT2D eigenvalue weighted by molar-refractivity contribution is 7.14. The van der Waals surface area contributed by atoms with Crippen molar-refractivity contribution in [2.45, 2.75) is 71.4 Å². The summed E-state index contributed by atoms with van der Waals surface area (Å²) in [5.41, 5.74) is 1.11. The topological polar surface area (TPSA) is 55.4 Å². The maximum Gasteiger partial charge on any atom is 0.349 e. The van der Waals surface area contributed by atoms with Gasteiger partial charge in [-0.05, 0) is 44.7 Å². The van der Waals surface area contributed by atoms with Crippen LogP contribution in [-0.4, -0.2) is 24.0 Å². The summed E-state index contributed by atoms with van der Waals surface area (Å²) >= 11 is 1.45. The Hall–Kier alpha value is -1.36. The Morgan fingerprint density at radius 1 is 1.36 bits per heavy atom. The largest absolute Gasteiger partial charge is 0.448 e. The van der Waals surface area contributed by atoms with Gasteiger partial charge in [-0.15, -0.1) is 11.3 Å². The second kappa shape index (κ2) is 7.77. The molecule has 4 nitrogen and oxygen atoms in total. The van der Waals surface area contributed by atoms with Gasteiger partial charge in [-0.2, -0.15) is 0 Å². The molecule has 1 heterocycles. The third kappa shape index (κ3) is 4.32. The van der Waals surface area contributed by atoms with Gasteiger partial charge in [0.1, 0.15) is 4.88 Å². The number of esters is 1. The summed E-state index contributed by atoms with van der Waals surface area (Å²) < 4.78 is 5.31. The number of hydrogen-bond donors (Lipinski definition) is 1. The van der Waals surface area contributed by atoms with Crippen molar-refractivity contribution in [3.8, 4) is 0 Å². The molecule has 0 radical (unpaired) electrons. The van der Waals surface area contributed by atoms with Crippen LogP contribution in [0.3, 0.4) is 0 Å². The lowest BCUT2D eigenvalue weighted by atomic mass is 9.95. The van der Waals surface area contributed by atoms with Gasteiger partial charge in [0, 0.05) is 10.9 Å². The van der Waals surface area contributed by atoms with Gasteiger partial charge >= 0.3 is 5.97 Å². The molecule has 5 heteroatoms. The Balaban J connectivity index is 1.87. The van der Waals surface area contributed by atoms with Crippen LogP contribution < -0.4 is 5.32 Å². The van der Waals surface area contributed by atoms with Crippen molar-refractivity contribution >= 4 is 23.2 Å². The van der Waals surface area contributed by atoms with Gasteiger partial charge in [0.05, 0.1) is 0 Å². The Morgan fingerprint density at radius 2 is 2.05 bits per heavy atom. The van der Waals surface area contributed by atoms with Gasteiger partial charge in [0.2, 0.25) is 0 Å². The first-order valence-corrected chi connectivity index (χ1v) is 8.93. The number of amides is 1. The minimum atomic E-state index is -0.748. The van der Waals surface area contributed by atoms with E-state index < -0.39 is 12.1 Å². The molecule has 1 aromatic rings. The number of carbonyl (C=O) groups excluding carboxylic acids is 2. The van der Waals surface area contributed by atoms with Crippen LogP contribution in [0.5, 0.6) is 0 Å². The molecule has 1 amide bonds. The third-order valence-electron chi connectivity index (χ3n) is 4.15. The highest BCUT2D eigenvalue weighted by Crippen LogP contribution is 2.23. The van der Waals surface area contributed by atoms with E-state index in [0.29, 0.717) is 4.88 Å². The number of hydrogen-bond acceptors (Lipinski definition) is 4. The van der Waals surface area contributed by atoms with Crippen LogP contribution >= 0.6 is 11.3 Å². The molecule has 0 unspecified atom stereocenters. The van der Waals surface area contributed by atoms with E-state index in [0.717, 1.165) is 37.7 Å². The Kier molecular flexibility index (Phi) is 6.00. The summed E-state index contributed by atoms with van der Waals surface area (Å²) in [6, 6.07) is 2.08. The lowest BCUT2D eigenvalue weighted by Crippen LogP contribution is -2.42. The zero-order valence-electron chi connectivity index (χ0n) is 13.6. The predicted molar refractivity (Wildman–Crippen MR) is 88.3 cm³/mol. The number of aryl methyl sites for hydroxylation is 2. The third-order valence-corrected chi connectivity index (χ3v) is 5.51. The van der Waals surface area contributed by atoms with Crippen LogP contribution in [0.2, 0.25) is 0 Å². The number of rotatable bonds is 5. The van der Waals surface area contributed by atoms with E-state index in [1.165, 1.54) is 22.6 Å². The summed E-state index contributed by atoms with van der Waals surface area (Å²) in [7, 11) is 0. The first kappa shape index (κ1) is 17.0. The molecule has 1 saturated carbocycles. The van der Waals surface area contributed by atoms with Crippen molar-refractivity contribution in [1.82, 2.24) is 5.32 Å². The highest BCUT2D eigenvalue weighted by Gasteiger charge is 2.23. The summed E-state index contributed by atoms with van der Waals surface area (Å²) in [6.07, 6.45) is 5.77. The fraction of sp³-hybridized carbons (Fsp3) is 0.647. The SMILES string of the molecule is CCc1sc(C(=O)O[C@H](C)C(=O)NC2CCCCC2)cc1C. The molecule has 2 rings (SSSR count). The van der Waals surface area contributed by atoms with Crippen molar-refractivity contribution in [1.29, 1.82) is 0 Å². The van der Waals surface area contributed by atoms with E-state index in [-0.39, 0.29) is 11.9 Å². The van der Waals surface area contributed by atoms with Gasteiger partial charge in [-0.1, -0.05) is 26.2 Å². The molecule has 0 aliphatic heterocycles. The van der Waals surface area contributed by atoms with E-state index in [2.05, 4.69) is 12.2 Å². The van der Waals surface area contributed by atoms with Gasteiger partial charge in [0.15, 0.2) is 6.10 Å². The second-order valence-electron chi connectivity index (χ2n) is 5.96. The Morgan fingerprint density at radius 3 is 2.64 bits per heavy atom. The lowest BCUT2D eigenvalue weighted by molar-refractivity contribution is -0.130. The van der Waals surface area contributed by atoms with Crippen molar-refractivity contribution in [3.05, 3.63) is 21.4 Å². The van der Waals surface area contributed by atoms with Gasteiger partial charge in [-0.25, -0.2) is 4.79 Å². The lowest BCUT2D eigenvalue weighted by Gasteiger charge is -2.24. The average molecular weight is 323 g/mol. The highest BCUT2D eigenvalue weighted by atomic mass is 32.1. The predicted octanol–water partition coefficient (Wildman–Crippen LogP) is 3.61. The number of carbonyl (C=O) groups is 2. The molecule has 0 saturated heterocycles. The van der Waals surface area contributed by atoms with E-state index in [9.17, 15) is 9.59 Å². The molecule has 1 aromatic heterocycles. The van der Waals surface area contributed by atoms with Crippen LogP contribution in [0.25, 0.3) is 0 Å². The molecular formula is C17H25NO3S. The van der Waals surface area contributed by atoms with Gasteiger partial charge < -0.3 is 10.1 Å². The molecule has 1 N–H and O–H groups in total. The first-order valence-electron chi connectivity index (χ1n) is 8.12. The monoisotopic (exact) mass is 323 g/mol. The average Bonchev–Trinajstić information content (AvgIpc) is 2.89. The summed E-state index contributed by atoms with van der Waals surface area (Å²) in [6.45, 7) is 5.69. The van der Waals surface area contributed by atoms with Gasteiger partial charge in [-0.3, -0.25) is 4.79 Å². The maximum atomic E-state index is 12.1. The molecule has 0 bridgehead atoms. The minimum absolute atomic E-state index is 0.191. The first-order chi connectivity index (χ1) is 10.5. The zero-order chi connectivity index (χ0) is 16.1. The van der Waals surface area contributed by atoms with E-state index >= 15 is 0 Å². The number of ether oxygens (including phenoxy) is 1. The summed E-state index contributed by atoms with van der Waals surface area (Å²) in [4.78, 5) is 26.0. The second-order valence-corrected chi connectivity index (χ2v) is 7.10. The normalized spacial score (nSPS) is 17.0. The van der Waals surface area contributed by atoms with Crippen molar-refractivity contribution in [2.24, 2.45) is 0 Å². The van der Waals surface area contributed by atoms with Crippen molar-refractivity contribution in [2.75, 3.05) is 0 Å². The quantitative estimate of drug-likeness (QED) is 0.842. The smallest absolute Gasteiger partial charge is 0.349 e. The molecule has 22 heavy (non-hydrogen) atoms. The van der Waals surface area contributed by atoms with Crippen LogP contribution in [0.15, 0.2) is 6.07 Å². The fourth-order valence-electron chi connectivity index (χ4n) is 2.81. The standard InChI is InChI=1S/C17H25NO3S/c1-4-14-11(2)10-15(22-14)17(20)21-12(3)16(19)18-13-8-6-5-7-9-13/h10,12-13H,4-9H2,1-3H3,(H,18,19)/t12-/m1/s1. The zero-order valence-corrected chi connectivity index (χ0v) is 14.4. The Bertz CT molecular complexity index is 532. The molecule has 122 valence electrons. The van der Waals surface area contributed by atoms with Crippen molar-refractivity contribution in [3.63, 3.8) is 0 Å². The fourth-order valence-corrected chi connectivity index (χ4v) is 3.81. The Labute approximate surface area is 136 Å². The van der Waals surface area contributed by atoms with Crippen LogP contribution in [-0.2, 0) is 16.0 Å². The van der Waals surface area contributed by atoms with E-state index in [1.807, 2.05) is 13.0 Å². The summed E-state index contributed by atoms with van der Waals surface area (Å²) in [5.74, 6) is -0.594. The number of nitrogens with one attached hydrogen (secondary N) is 1. The maximum absolute atomic E-state index is 12.1. The van der Waals surface area contributed by atoms with Crippen molar-refractivity contribution < 1.29 is 14.3 Å². The molecule has 0 aromatic carbocycles. The molecule has 1 fully saturated rings. The van der Waals surface area contributed by atoms with Crippen LogP contribution in [0.4, 0.5) is 0 Å². The number of thiophene rings is 1.